The van der Waals surface area contributed by atoms with Crippen LogP contribution in [0, 0.1) is 6.92 Å². The molecule has 2 aromatic rings. The minimum absolute atomic E-state index is 0.0679. The topological polar surface area (TPSA) is 98.5 Å². The summed E-state index contributed by atoms with van der Waals surface area (Å²) in [7, 11) is 1.77. The molecule has 0 aromatic carbocycles. The zero-order valence-corrected chi connectivity index (χ0v) is 10.0. The molecule has 2 aromatic heterocycles. The molecule has 7 heteroatoms. The quantitative estimate of drug-likeness (QED) is 0.365. The molecule has 94 valence electrons. The fourth-order valence-corrected chi connectivity index (χ4v) is 1.46. The molecule has 0 saturated heterocycles. The van der Waals surface area contributed by atoms with E-state index >= 15 is 0 Å². The SMILES string of the molecule is Cc1cc(Oc2cccc(/C(N)=N/O)n2)n(C)n1. The van der Waals surface area contributed by atoms with E-state index in [2.05, 4.69) is 15.2 Å². The number of hydrogen-bond donors (Lipinski definition) is 2. The van der Waals surface area contributed by atoms with Crippen LogP contribution in [0.3, 0.4) is 0 Å². The van der Waals surface area contributed by atoms with Gasteiger partial charge in [0.1, 0.15) is 5.69 Å². The Morgan fingerprint density at radius 3 is 2.89 bits per heavy atom. The summed E-state index contributed by atoms with van der Waals surface area (Å²) in [5.41, 5.74) is 6.64. The van der Waals surface area contributed by atoms with Crippen LogP contribution in [0.25, 0.3) is 0 Å². The normalized spacial score (nSPS) is 11.6. The van der Waals surface area contributed by atoms with Gasteiger partial charge in [-0.25, -0.2) is 9.67 Å². The van der Waals surface area contributed by atoms with Crippen LogP contribution in [0.2, 0.25) is 0 Å². The van der Waals surface area contributed by atoms with Gasteiger partial charge in [0, 0.05) is 19.2 Å². The maximum atomic E-state index is 8.58. The van der Waals surface area contributed by atoms with E-state index in [0.29, 0.717) is 17.5 Å². The molecule has 0 aliphatic heterocycles. The van der Waals surface area contributed by atoms with Crippen molar-refractivity contribution in [2.75, 3.05) is 0 Å². The third kappa shape index (κ3) is 2.40. The number of amidine groups is 1. The number of oxime groups is 1. The average molecular weight is 247 g/mol. The van der Waals surface area contributed by atoms with E-state index in [0.717, 1.165) is 5.69 Å². The molecule has 3 N–H and O–H groups in total. The summed E-state index contributed by atoms with van der Waals surface area (Å²) in [4.78, 5) is 4.11. The van der Waals surface area contributed by atoms with Crippen molar-refractivity contribution >= 4 is 5.84 Å². The number of nitrogens with zero attached hydrogens (tertiary/aromatic N) is 4. The summed E-state index contributed by atoms with van der Waals surface area (Å²) >= 11 is 0. The lowest BCUT2D eigenvalue weighted by atomic mass is 10.3. The van der Waals surface area contributed by atoms with Gasteiger partial charge in [0.05, 0.1) is 5.69 Å². The second-order valence-electron chi connectivity index (χ2n) is 3.70. The largest absolute Gasteiger partial charge is 0.421 e. The standard InChI is InChI=1S/C11H13N5O2/c1-7-6-10(16(2)14-7)18-9-5-3-4-8(13-9)11(12)15-17/h3-6,17H,1-2H3,(H2,12,15). The maximum absolute atomic E-state index is 8.58. The van der Waals surface area contributed by atoms with Crippen LogP contribution in [0.15, 0.2) is 29.4 Å². The van der Waals surface area contributed by atoms with E-state index in [1.54, 1.807) is 36.0 Å². The van der Waals surface area contributed by atoms with E-state index < -0.39 is 0 Å². The minimum atomic E-state index is -0.0679. The number of nitrogens with two attached hydrogens (primary N) is 1. The van der Waals surface area contributed by atoms with Crippen LogP contribution in [-0.2, 0) is 7.05 Å². The first-order chi connectivity index (χ1) is 8.60. The molecule has 0 fully saturated rings. The van der Waals surface area contributed by atoms with Gasteiger partial charge < -0.3 is 15.7 Å². The van der Waals surface area contributed by atoms with Crippen LogP contribution < -0.4 is 10.5 Å². The molecule has 0 spiro atoms. The van der Waals surface area contributed by atoms with Gasteiger partial charge >= 0.3 is 0 Å². The highest BCUT2D eigenvalue weighted by Crippen LogP contribution is 2.19. The molecule has 0 unspecified atom stereocenters. The smallest absolute Gasteiger partial charge is 0.221 e. The Hall–Kier alpha value is -2.57. The van der Waals surface area contributed by atoms with Crippen LogP contribution in [0.5, 0.6) is 11.8 Å². The number of aromatic nitrogens is 3. The Kier molecular flexibility index (Phi) is 3.13. The molecular formula is C11H13N5O2. The molecule has 0 bridgehead atoms. The number of ether oxygens (including phenoxy) is 1. The fourth-order valence-electron chi connectivity index (χ4n) is 1.46. The lowest BCUT2D eigenvalue weighted by Gasteiger charge is -2.05. The number of pyridine rings is 1. The van der Waals surface area contributed by atoms with E-state index in [1.807, 2.05) is 6.92 Å². The van der Waals surface area contributed by atoms with Crippen molar-refractivity contribution in [3.05, 3.63) is 35.7 Å². The van der Waals surface area contributed by atoms with Gasteiger partial charge in [0.15, 0.2) is 5.84 Å². The van der Waals surface area contributed by atoms with Gasteiger partial charge in [-0.3, -0.25) is 0 Å². The van der Waals surface area contributed by atoms with E-state index in [1.165, 1.54) is 0 Å². The van der Waals surface area contributed by atoms with Crippen molar-refractivity contribution in [2.24, 2.45) is 17.9 Å². The van der Waals surface area contributed by atoms with Gasteiger partial charge in [-0.05, 0) is 13.0 Å². The van der Waals surface area contributed by atoms with Crippen LogP contribution in [0.1, 0.15) is 11.4 Å². The van der Waals surface area contributed by atoms with Crippen LogP contribution in [-0.4, -0.2) is 25.8 Å². The molecule has 2 rings (SSSR count). The highest BCUT2D eigenvalue weighted by Gasteiger charge is 2.07. The first kappa shape index (κ1) is 11.9. The minimum Gasteiger partial charge on any atom is -0.421 e. The summed E-state index contributed by atoms with van der Waals surface area (Å²) in [5.74, 6) is 0.848. The van der Waals surface area contributed by atoms with Gasteiger partial charge in [0.25, 0.3) is 0 Å². The molecule has 2 heterocycles. The van der Waals surface area contributed by atoms with Crippen molar-refractivity contribution in [2.45, 2.75) is 6.92 Å². The molecule has 0 saturated carbocycles. The van der Waals surface area contributed by atoms with Gasteiger partial charge in [0.2, 0.25) is 11.8 Å². The van der Waals surface area contributed by atoms with Crippen molar-refractivity contribution in [1.82, 2.24) is 14.8 Å². The summed E-state index contributed by atoms with van der Waals surface area (Å²) < 4.78 is 7.17. The van der Waals surface area contributed by atoms with E-state index in [-0.39, 0.29) is 5.84 Å². The fraction of sp³-hybridized carbons (Fsp3) is 0.182. The number of rotatable bonds is 3. The summed E-state index contributed by atoms with van der Waals surface area (Å²) in [6, 6.07) is 6.80. The van der Waals surface area contributed by atoms with E-state index in [9.17, 15) is 0 Å². The Balaban J connectivity index is 2.27. The zero-order valence-electron chi connectivity index (χ0n) is 10.0. The zero-order chi connectivity index (χ0) is 13.1. The van der Waals surface area contributed by atoms with Gasteiger partial charge in [-0.15, -0.1) is 0 Å². The number of hydrogen-bond acceptors (Lipinski definition) is 5. The van der Waals surface area contributed by atoms with Gasteiger partial charge in [-0.1, -0.05) is 11.2 Å². The monoisotopic (exact) mass is 247 g/mol. The predicted octanol–water partition coefficient (Wildman–Crippen LogP) is 1.01. The van der Waals surface area contributed by atoms with Crippen LogP contribution in [0.4, 0.5) is 0 Å². The van der Waals surface area contributed by atoms with E-state index in [4.69, 9.17) is 15.7 Å². The van der Waals surface area contributed by atoms with Crippen molar-refractivity contribution in [3.8, 4) is 11.8 Å². The molecule has 0 radical (unpaired) electrons. The highest BCUT2D eigenvalue weighted by atomic mass is 16.5. The maximum Gasteiger partial charge on any atom is 0.221 e. The Morgan fingerprint density at radius 1 is 1.50 bits per heavy atom. The van der Waals surface area contributed by atoms with Crippen LogP contribution >= 0.6 is 0 Å². The molecule has 0 amide bonds. The molecule has 0 aliphatic rings. The second-order valence-corrected chi connectivity index (χ2v) is 3.70. The Bertz CT molecular complexity index is 591. The van der Waals surface area contributed by atoms with Crippen molar-refractivity contribution < 1.29 is 9.94 Å². The second kappa shape index (κ2) is 4.74. The van der Waals surface area contributed by atoms with Crippen molar-refractivity contribution in [3.63, 3.8) is 0 Å². The average Bonchev–Trinajstić information content (AvgIpc) is 2.67. The summed E-state index contributed by atoms with van der Waals surface area (Å²) in [6.07, 6.45) is 0. The molecular weight excluding hydrogens is 234 g/mol. The van der Waals surface area contributed by atoms with Crippen molar-refractivity contribution in [1.29, 1.82) is 0 Å². The molecule has 0 atom stereocenters. The molecule has 0 aliphatic carbocycles. The first-order valence-corrected chi connectivity index (χ1v) is 5.23. The lowest BCUT2D eigenvalue weighted by Crippen LogP contribution is -2.15. The summed E-state index contributed by atoms with van der Waals surface area (Å²) in [5, 5.41) is 15.6. The Labute approximate surface area is 104 Å². The molecule has 18 heavy (non-hydrogen) atoms. The predicted molar refractivity (Wildman–Crippen MR) is 64.8 cm³/mol. The first-order valence-electron chi connectivity index (χ1n) is 5.23. The van der Waals surface area contributed by atoms with Gasteiger partial charge in [-0.2, -0.15) is 5.10 Å². The Morgan fingerprint density at radius 2 is 2.28 bits per heavy atom. The third-order valence-electron chi connectivity index (χ3n) is 2.26. The molecule has 7 nitrogen and oxygen atoms in total. The third-order valence-corrected chi connectivity index (χ3v) is 2.26. The lowest BCUT2D eigenvalue weighted by molar-refractivity contribution is 0.318. The number of aryl methyl sites for hydroxylation is 2. The highest BCUT2D eigenvalue weighted by molar-refractivity contribution is 5.95. The summed E-state index contributed by atoms with van der Waals surface area (Å²) in [6.45, 7) is 1.87.